The highest BCUT2D eigenvalue weighted by molar-refractivity contribution is 6.32. The molecule has 0 aromatic heterocycles. The average Bonchev–Trinajstić information content (AvgIpc) is 3.28. The molecule has 0 spiro atoms. The third-order valence-corrected chi connectivity index (χ3v) is 7.14. The van der Waals surface area contributed by atoms with E-state index in [1.165, 1.54) is 0 Å². The molecule has 1 aliphatic heterocycles. The van der Waals surface area contributed by atoms with Crippen molar-refractivity contribution in [2.24, 2.45) is 0 Å². The van der Waals surface area contributed by atoms with Gasteiger partial charge in [-0.2, -0.15) is 9.59 Å². The van der Waals surface area contributed by atoms with Crippen LogP contribution in [0.15, 0.2) is 72.8 Å². The highest BCUT2D eigenvalue weighted by atomic mass is 16.2. The topological polar surface area (TPSA) is 90.0 Å². The Labute approximate surface area is 235 Å². The van der Waals surface area contributed by atoms with Crippen LogP contribution in [0.3, 0.4) is 0 Å². The standard InChI is InChI=1S/C30H31BN4O2.CO2/c1-21-8-13-26-23(18-21)19-27(36)29(26)30(22-6-4-3-5-7-22)32-24-9-11-25(12-10-24)33(2)28(37)20-34-14-16-35(31)17-15-34;2-1-3/h3-13,18,32H,14-17,19-20H2,1-2H3;/b30-29-;. The molecule has 1 heterocycles. The molecule has 2 radical (unpaired) electrons. The number of anilines is 2. The summed E-state index contributed by atoms with van der Waals surface area (Å²) in [6, 6.07) is 23.9. The van der Waals surface area contributed by atoms with Crippen molar-refractivity contribution in [2.75, 3.05) is 50.0 Å². The fourth-order valence-electron chi connectivity index (χ4n) is 4.96. The number of fused-ring (bicyclic) bond motifs is 1. The minimum Gasteiger partial charge on any atom is -0.354 e. The smallest absolute Gasteiger partial charge is 0.354 e. The van der Waals surface area contributed by atoms with Gasteiger partial charge in [-0.3, -0.25) is 14.5 Å². The van der Waals surface area contributed by atoms with E-state index in [0.29, 0.717) is 13.0 Å². The number of nitrogens with zero attached hydrogens (tertiary/aromatic N) is 3. The molecule has 1 aliphatic carbocycles. The van der Waals surface area contributed by atoms with Gasteiger partial charge in [0, 0.05) is 43.5 Å². The summed E-state index contributed by atoms with van der Waals surface area (Å²) in [6.07, 6.45) is 0.663. The summed E-state index contributed by atoms with van der Waals surface area (Å²) in [5, 5.41) is 3.52. The molecule has 1 N–H and O–H groups in total. The summed E-state index contributed by atoms with van der Waals surface area (Å²) in [5.41, 5.74) is 7.34. The second kappa shape index (κ2) is 13.2. The quantitative estimate of drug-likeness (QED) is 0.384. The second-order valence-electron chi connectivity index (χ2n) is 9.90. The second-order valence-corrected chi connectivity index (χ2v) is 9.90. The van der Waals surface area contributed by atoms with Gasteiger partial charge >= 0.3 is 6.15 Å². The Morgan fingerprint density at radius 2 is 1.62 bits per heavy atom. The molecule has 5 rings (SSSR count). The Balaban J connectivity index is 0.00000118. The molecule has 3 aromatic rings. The van der Waals surface area contributed by atoms with E-state index in [1.807, 2.05) is 67.6 Å². The van der Waals surface area contributed by atoms with Crippen LogP contribution >= 0.6 is 0 Å². The zero-order chi connectivity index (χ0) is 28.6. The first-order valence-corrected chi connectivity index (χ1v) is 13.1. The molecule has 0 atom stereocenters. The Bertz CT molecular complexity index is 1430. The molecule has 0 unspecified atom stereocenters. The number of ketones is 1. The number of carbonyl (C=O) groups excluding carboxylic acids is 4. The Morgan fingerprint density at radius 1 is 0.975 bits per heavy atom. The predicted octanol–water partition coefficient (Wildman–Crippen LogP) is 3.18. The van der Waals surface area contributed by atoms with Crippen molar-refractivity contribution in [3.63, 3.8) is 0 Å². The fraction of sp³-hybridized carbons (Fsp3) is 0.258. The molecule has 9 heteroatoms. The van der Waals surface area contributed by atoms with Gasteiger partial charge in [0.2, 0.25) is 5.91 Å². The van der Waals surface area contributed by atoms with Crippen molar-refractivity contribution in [2.45, 2.75) is 13.3 Å². The van der Waals surface area contributed by atoms with Crippen LogP contribution in [0.4, 0.5) is 11.4 Å². The normalized spacial score (nSPS) is 16.3. The predicted molar refractivity (Wildman–Crippen MR) is 155 cm³/mol. The van der Waals surface area contributed by atoms with Crippen LogP contribution in [0.5, 0.6) is 0 Å². The number of carbonyl (C=O) groups is 2. The molecule has 0 saturated carbocycles. The number of amides is 1. The van der Waals surface area contributed by atoms with E-state index >= 15 is 0 Å². The van der Waals surface area contributed by atoms with Gasteiger partial charge in [0.1, 0.15) is 0 Å². The zero-order valence-electron chi connectivity index (χ0n) is 22.7. The summed E-state index contributed by atoms with van der Waals surface area (Å²) in [6.45, 7) is 5.53. The lowest BCUT2D eigenvalue weighted by Crippen LogP contribution is -2.48. The van der Waals surface area contributed by atoms with Crippen molar-refractivity contribution < 1.29 is 19.2 Å². The SMILES string of the molecule is O=C=O.[B]N1CCN(CC(=O)N(C)c2ccc(N/C(=C3\C(=O)Cc4cc(C)ccc43)c3ccccc3)cc2)CC1. The lowest BCUT2D eigenvalue weighted by Gasteiger charge is -2.33. The Morgan fingerprint density at radius 3 is 2.27 bits per heavy atom. The van der Waals surface area contributed by atoms with E-state index in [4.69, 9.17) is 17.6 Å². The maximum absolute atomic E-state index is 13.2. The average molecular weight is 534 g/mol. The van der Waals surface area contributed by atoms with Gasteiger partial charge < -0.3 is 15.0 Å². The van der Waals surface area contributed by atoms with Crippen LogP contribution in [-0.2, 0) is 25.6 Å². The van der Waals surface area contributed by atoms with Gasteiger partial charge in [-0.05, 0) is 61.0 Å². The molecule has 8 nitrogen and oxygen atoms in total. The molecular formula is C31H31BN4O4. The van der Waals surface area contributed by atoms with E-state index in [-0.39, 0.29) is 17.8 Å². The summed E-state index contributed by atoms with van der Waals surface area (Å²) < 4.78 is 0. The number of benzene rings is 3. The van der Waals surface area contributed by atoms with E-state index in [2.05, 4.69) is 22.3 Å². The highest BCUT2D eigenvalue weighted by Gasteiger charge is 2.28. The Hall–Kier alpha value is -4.30. The maximum atomic E-state index is 13.2. The van der Waals surface area contributed by atoms with E-state index in [0.717, 1.165) is 71.1 Å². The summed E-state index contributed by atoms with van der Waals surface area (Å²) >= 11 is 0. The van der Waals surface area contributed by atoms with Gasteiger partial charge in [0.15, 0.2) is 13.8 Å². The van der Waals surface area contributed by atoms with Crippen LogP contribution in [0, 0.1) is 6.92 Å². The third-order valence-electron chi connectivity index (χ3n) is 7.14. The summed E-state index contributed by atoms with van der Waals surface area (Å²) in [5.74, 6) is 0.158. The molecule has 1 saturated heterocycles. The molecule has 1 fully saturated rings. The molecule has 202 valence electrons. The number of hydrogen-bond acceptors (Lipinski definition) is 7. The van der Waals surface area contributed by atoms with Crippen molar-refractivity contribution in [1.29, 1.82) is 0 Å². The van der Waals surface area contributed by atoms with Gasteiger partial charge in [0.05, 0.1) is 12.2 Å². The molecule has 40 heavy (non-hydrogen) atoms. The molecule has 2 aliphatic rings. The number of Topliss-reactive ketones (excluding diaryl/α,β-unsaturated/α-hetero) is 1. The van der Waals surface area contributed by atoms with E-state index in [1.54, 1.807) is 16.8 Å². The Kier molecular flexibility index (Phi) is 9.45. The fourth-order valence-corrected chi connectivity index (χ4v) is 4.96. The maximum Gasteiger partial charge on any atom is 0.373 e. The van der Waals surface area contributed by atoms with E-state index < -0.39 is 0 Å². The third kappa shape index (κ3) is 6.82. The van der Waals surface area contributed by atoms with Gasteiger partial charge in [-0.1, -0.05) is 54.1 Å². The largest absolute Gasteiger partial charge is 0.373 e. The number of nitrogens with one attached hydrogen (secondary N) is 1. The number of piperazine rings is 1. The van der Waals surface area contributed by atoms with Crippen LogP contribution in [0.1, 0.15) is 22.3 Å². The minimum absolute atomic E-state index is 0.0433. The lowest BCUT2D eigenvalue weighted by atomic mass is 9.99. The first-order chi connectivity index (χ1) is 19.3. The first kappa shape index (κ1) is 28.7. The molecule has 0 bridgehead atoms. The van der Waals surface area contributed by atoms with Crippen molar-refractivity contribution >= 4 is 48.5 Å². The molecule has 3 aromatic carbocycles. The summed E-state index contributed by atoms with van der Waals surface area (Å²) in [4.78, 5) is 47.9. The minimum atomic E-state index is 0.0433. The number of rotatable bonds is 6. The van der Waals surface area contributed by atoms with Gasteiger partial charge in [-0.15, -0.1) is 0 Å². The van der Waals surface area contributed by atoms with Crippen LogP contribution < -0.4 is 10.2 Å². The first-order valence-electron chi connectivity index (χ1n) is 13.1. The molecular weight excluding hydrogens is 503 g/mol. The van der Waals surface area contributed by atoms with Gasteiger partial charge in [-0.25, -0.2) is 0 Å². The number of likely N-dealkylation sites (N-methyl/N-ethyl adjacent to an activating group) is 1. The number of aryl methyl sites for hydroxylation is 1. The molecule has 1 amide bonds. The van der Waals surface area contributed by atoms with Crippen LogP contribution in [0.2, 0.25) is 0 Å². The van der Waals surface area contributed by atoms with Crippen LogP contribution in [-0.4, -0.2) is 75.3 Å². The number of allylic oxidation sites excluding steroid dienone is 1. The monoisotopic (exact) mass is 534 g/mol. The van der Waals surface area contributed by atoms with Crippen molar-refractivity contribution in [1.82, 2.24) is 9.71 Å². The van der Waals surface area contributed by atoms with E-state index in [9.17, 15) is 9.59 Å². The lowest BCUT2D eigenvalue weighted by molar-refractivity contribution is -0.191. The highest BCUT2D eigenvalue weighted by Crippen LogP contribution is 2.36. The number of hydrogen-bond donors (Lipinski definition) is 1. The van der Waals surface area contributed by atoms with Crippen LogP contribution in [0.25, 0.3) is 11.3 Å². The zero-order valence-corrected chi connectivity index (χ0v) is 22.7. The summed E-state index contributed by atoms with van der Waals surface area (Å²) in [7, 11) is 7.63. The van der Waals surface area contributed by atoms with Gasteiger partial charge in [0.25, 0.3) is 0 Å². The van der Waals surface area contributed by atoms with Crippen molar-refractivity contribution in [3.05, 3.63) is 95.1 Å². The van der Waals surface area contributed by atoms with Crippen molar-refractivity contribution in [3.8, 4) is 0 Å².